The van der Waals surface area contributed by atoms with Crippen molar-refractivity contribution in [1.82, 2.24) is 9.62 Å². The van der Waals surface area contributed by atoms with Crippen molar-refractivity contribution in [2.45, 2.75) is 69.2 Å². The van der Waals surface area contributed by atoms with Crippen molar-refractivity contribution >= 4 is 15.9 Å². The number of piperidine rings is 1. The molecule has 1 N–H and O–H groups in total. The van der Waals surface area contributed by atoms with Crippen LogP contribution < -0.4 is 5.32 Å². The number of carbonyl (C=O) groups excluding carboxylic acids is 1. The summed E-state index contributed by atoms with van der Waals surface area (Å²) in [6.07, 6.45) is 8.55. The van der Waals surface area contributed by atoms with Gasteiger partial charge in [-0.15, -0.1) is 0 Å². The normalized spacial score (nSPS) is 29.0. The number of amides is 1. The van der Waals surface area contributed by atoms with E-state index < -0.39 is 10.0 Å². The van der Waals surface area contributed by atoms with Gasteiger partial charge in [-0.3, -0.25) is 4.79 Å². The fraction of sp³-hybridized carbons (Fsp3) is 0.682. The van der Waals surface area contributed by atoms with E-state index in [1.165, 1.54) is 25.7 Å². The van der Waals surface area contributed by atoms with Crippen LogP contribution in [0.4, 0.5) is 0 Å². The molecular weight excluding hydrogens is 372 g/mol. The zero-order chi connectivity index (χ0) is 19.7. The Morgan fingerprint density at radius 2 is 1.82 bits per heavy atom. The number of hydrogen-bond donors (Lipinski definition) is 1. The lowest BCUT2D eigenvalue weighted by Crippen LogP contribution is -2.40. The highest BCUT2D eigenvalue weighted by molar-refractivity contribution is 7.89. The molecule has 4 atom stereocenters. The van der Waals surface area contributed by atoms with Crippen LogP contribution in [0.15, 0.2) is 29.2 Å². The summed E-state index contributed by atoms with van der Waals surface area (Å²) in [6.45, 7) is 3.35. The van der Waals surface area contributed by atoms with E-state index in [-0.39, 0.29) is 11.9 Å². The Hall–Kier alpha value is -1.40. The summed E-state index contributed by atoms with van der Waals surface area (Å²) in [5.74, 6) is 2.32. The Morgan fingerprint density at radius 3 is 2.43 bits per heavy atom. The molecule has 2 saturated carbocycles. The number of fused-ring (bicyclic) bond motifs is 2. The van der Waals surface area contributed by atoms with Crippen LogP contribution in [0.25, 0.3) is 0 Å². The second kappa shape index (κ2) is 8.15. The van der Waals surface area contributed by atoms with Crippen LogP contribution >= 0.6 is 0 Å². The fourth-order valence-corrected chi connectivity index (χ4v) is 7.05. The summed E-state index contributed by atoms with van der Waals surface area (Å²) >= 11 is 0. The number of benzene rings is 1. The third-order valence-electron chi connectivity index (χ3n) is 7.06. The molecule has 1 heterocycles. The fourth-order valence-electron chi connectivity index (χ4n) is 5.54. The molecule has 4 rings (SSSR count). The predicted octanol–water partition coefficient (Wildman–Crippen LogP) is 3.34. The SMILES string of the molecule is C[C@@H](NC(=O)Cc1ccc(S(=O)(=O)N2CCCCC2)cc1)[C@@H]1C[C@@H]2CC[C@@H]1C2. The monoisotopic (exact) mass is 404 g/mol. The summed E-state index contributed by atoms with van der Waals surface area (Å²) < 4.78 is 27.0. The molecule has 3 aliphatic rings. The highest BCUT2D eigenvalue weighted by atomic mass is 32.2. The summed E-state index contributed by atoms with van der Waals surface area (Å²) in [6, 6.07) is 7.07. The van der Waals surface area contributed by atoms with Crippen LogP contribution in [0.5, 0.6) is 0 Å². The van der Waals surface area contributed by atoms with Gasteiger partial charge in [0, 0.05) is 19.1 Å². The summed E-state index contributed by atoms with van der Waals surface area (Å²) in [5.41, 5.74) is 0.857. The van der Waals surface area contributed by atoms with Gasteiger partial charge >= 0.3 is 0 Å². The first-order valence-electron chi connectivity index (χ1n) is 10.8. The van der Waals surface area contributed by atoms with Crippen LogP contribution in [-0.4, -0.2) is 37.8 Å². The van der Waals surface area contributed by atoms with Gasteiger partial charge in [-0.05, 0) is 74.5 Å². The maximum absolute atomic E-state index is 12.7. The highest BCUT2D eigenvalue weighted by Crippen LogP contribution is 2.49. The molecular formula is C22H32N2O3S. The molecule has 0 radical (unpaired) electrons. The topological polar surface area (TPSA) is 66.5 Å². The van der Waals surface area contributed by atoms with Crippen molar-refractivity contribution in [2.75, 3.05) is 13.1 Å². The van der Waals surface area contributed by atoms with Gasteiger partial charge in [0.15, 0.2) is 0 Å². The van der Waals surface area contributed by atoms with Crippen LogP contribution in [-0.2, 0) is 21.2 Å². The lowest BCUT2D eigenvalue weighted by molar-refractivity contribution is -0.121. The summed E-state index contributed by atoms with van der Waals surface area (Å²) in [4.78, 5) is 12.8. The lowest BCUT2D eigenvalue weighted by Gasteiger charge is -2.28. The van der Waals surface area contributed by atoms with Crippen LogP contribution in [0.3, 0.4) is 0 Å². The lowest BCUT2D eigenvalue weighted by atomic mass is 9.84. The zero-order valence-corrected chi connectivity index (χ0v) is 17.6. The average Bonchev–Trinajstić information content (AvgIpc) is 3.32. The van der Waals surface area contributed by atoms with Gasteiger partial charge in [0.05, 0.1) is 11.3 Å². The van der Waals surface area contributed by atoms with Crippen molar-refractivity contribution in [3.8, 4) is 0 Å². The minimum Gasteiger partial charge on any atom is -0.353 e. The Kier molecular flexibility index (Phi) is 5.79. The van der Waals surface area contributed by atoms with Gasteiger partial charge in [0.25, 0.3) is 0 Å². The van der Waals surface area contributed by atoms with E-state index >= 15 is 0 Å². The zero-order valence-electron chi connectivity index (χ0n) is 16.8. The standard InChI is InChI=1S/C22H32N2O3S/c1-16(21-14-18-5-8-19(21)13-18)23-22(25)15-17-6-9-20(10-7-17)28(26,27)24-11-3-2-4-12-24/h6-7,9-10,16,18-19,21H,2-5,8,11-15H2,1H3,(H,23,25)/t16-,18-,19-,21+/m1/s1. The first-order chi connectivity index (χ1) is 13.4. The van der Waals surface area contributed by atoms with E-state index in [1.54, 1.807) is 28.6 Å². The van der Waals surface area contributed by atoms with E-state index in [2.05, 4.69) is 12.2 Å². The number of carbonyl (C=O) groups is 1. The molecule has 1 aromatic rings. The van der Waals surface area contributed by atoms with Gasteiger partial charge < -0.3 is 5.32 Å². The molecule has 2 aliphatic carbocycles. The molecule has 1 aliphatic heterocycles. The van der Waals surface area contributed by atoms with Crippen LogP contribution in [0, 0.1) is 17.8 Å². The van der Waals surface area contributed by atoms with Crippen molar-refractivity contribution in [3.63, 3.8) is 0 Å². The maximum atomic E-state index is 12.7. The third kappa shape index (κ3) is 4.13. The smallest absolute Gasteiger partial charge is 0.243 e. The molecule has 28 heavy (non-hydrogen) atoms. The van der Waals surface area contributed by atoms with Crippen molar-refractivity contribution in [1.29, 1.82) is 0 Å². The third-order valence-corrected chi connectivity index (χ3v) is 8.98. The molecule has 5 nitrogen and oxygen atoms in total. The minimum atomic E-state index is -3.41. The second-order valence-electron chi connectivity index (χ2n) is 8.98. The van der Waals surface area contributed by atoms with Gasteiger partial charge in [0.2, 0.25) is 15.9 Å². The largest absolute Gasteiger partial charge is 0.353 e. The van der Waals surface area contributed by atoms with E-state index in [9.17, 15) is 13.2 Å². The Morgan fingerprint density at radius 1 is 1.11 bits per heavy atom. The van der Waals surface area contributed by atoms with Gasteiger partial charge in [0.1, 0.15) is 0 Å². The molecule has 1 amide bonds. The van der Waals surface area contributed by atoms with E-state index in [0.717, 1.165) is 36.7 Å². The molecule has 1 aromatic carbocycles. The molecule has 1 saturated heterocycles. The molecule has 154 valence electrons. The number of hydrogen-bond acceptors (Lipinski definition) is 3. The van der Waals surface area contributed by atoms with E-state index in [1.807, 2.05) is 0 Å². The molecule has 0 aromatic heterocycles. The molecule has 3 fully saturated rings. The number of nitrogens with zero attached hydrogens (tertiary/aromatic N) is 1. The van der Waals surface area contributed by atoms with E-state index in [0.29, 0.717) is 30.3 Å². The molecule has 0 unspecified atom stereocenters. The number of rotatable bonds is 6. The van der Waals surface area contributed by atoms with Crippen molar-refractivity contribution in [2.24, 2.45) is 17.8 Å². The van der Waals surface area contributed by atoms with Crippen LogP contribution in [0.1, 0.15) is 57.4 Å². The number of sulfonamides is 1. The number of nitrogens with one attached hydrogen (secondary N) is 1. The Bertz CT molecular complexity index is 800. The van der Waals surface area contributed by atoms with E-state index in [4.69, 9.17) is 0 Å². The van der Waals surface area contributed by atoms with Gasteiger partial charge in [-0.1, -0.05) is 25.0 Å². The summed E-state index contributed by atoms with van der Waals surface area (Å²) in [5, 5.41) is 3.19. The second-order valence-corrected chi connectivity index (χ2v) is 10.9. The van der Waals surface area contributed by atoms with Crippen molar-refractivity contribution in [3.05, 3.63) is 29.8 Å². The molecule has 6 heteroatoms. The molecule has 2 bridgehead atoms. The molecule has 0 spiro atoms. The minimum absolute atomic E-state index is 0.0295. The quantitative estimate of drug-likeness (QED) is 0.791. The highest BCUT2D eigenvalue weighted by Gasteiger charge is 2.42. The van der Waals surface area contributed by atoms with Gasteiger partial charge in [-0.25, -0.2) is 8.42 Å². The summed E-state index contributed by atoms with van der Waals surface area (Å²) in [7, 11) is -3.41. The van der Waals surface area contributed by atoms with Crippen molar-refractivity contribution < 1.29 is 13.2 Å². The van der Waals surface area contributed by atoms with Gasteiger partial charge in [-0.2, -0.15) is 4.31 Å². The maximum Gasteiger partial charge on any atom is 0.243 e. The first kappa shape index (κ1) is 19.9. The Labute approximate surface area is 168 Å². The predicted molar refractivity (Wildman–Crippen MR) is 109 cm³/mol. The van der Waals surface area contributed by atoms with Crippen LogP contribution in [0.2, 0.25) is 0 Å². The Balaban J connectivity index is 1.33. The average molecular weight is 405 g/mol. The first-order valence-corrected chi connectivity index (χ1v) is 12.3.